The summed E-state index contributed by atoms with van der Waals surface area (Å²) in [5.41, 5.74) is 3.39. The molecule has 0 saturated carbocycles. The molecule has 5 aromatic rings. The van der Waals surface area contributed by atoms with Crippen molar-refractivity contribution >= 4 is 44.2 Å². The second-order valence-electron chi connectivity index (χ2n) is 7.34. The Hall–Kier alpha value is -3.16. The molecule has 3 heterocycles. The van der Waals surface area contributed by atoms with Gasteiger partial charge in [-0.3, -0.25) is 4.79 Å². The van der Waals surface area contributed by atoms with Crippen LogP contribution in [-0.2, 0) is 20.0 Å². The average Bonchev–Trinajstić information content (AvgIpc) is 3.30. The van der Waals surface area contributed by atoms with Crippen LogP contribution < -0.4 is 10.3 Å². The van der Waals surface area contributed by atoms with E-state index < -0.39 is 0 Å². The third-order valence-corrected chi connectivity index (χ3v) is 6.63. The molecular weight excluding hydrogens is 432 g/mol. The number of nitrogens with zero attached hydrogens (tertiary/aromatic N) is 4. The van der Waals surface area contributed by atoms with Crippen molar-refractivity contribution in [2.24, 2.45) is 7.05 Å². The van der Waals surface area contributed by atoms with Crippen LogP contribution in [0.5, 0.6) is 5.75 Å². The molecule has 31 heavy (non-hydrogen) atoms. The van der Waals surface area contributed by atoms with E-state index in [4.69, 9.17) is 21.3 Å². The summed E-state index contributed by atoms with van der Waals surface area (Å²) in [6, 6.07) is 15.4. The Labute approximate surface area is 187 Å². The first-order valence-corrected chi connectivity index (χ1v) is 10.9. The lowest BCUT2D eigenvalue weighted by atomic mass is 10.2. The molecule has 0 bridgehead atoms. The maximum atomic E-state index is 13.2. The first kappa shape index (κ1) is 19.8. The number of rotatable bonds is 5. The van der Waals surface area contributed by atoms with Crippen molar-refractivity contribution in [3.63, 3.8) is 0 Å². The van der Waals surface area contributed by atoms with E-state index in [-0.39, 0.29) is 5.56 Å². The molecule has 0 aliphatic heterocycles. The van der Waals surface area contributed by atoms with Gasteiger partial charge in [-0.25, -0.2) is 9.67 Å². The fourth-order valence-electron chi connectivity index (χ4n) is 3.74. The molecule has 0 aliphatic rings. The van der Waals surface area contributed by atoms with Gasteiger partial charge in [-0.15, -0.1) is 11.3 Å². The van der Waals surface area contributed by atoms with Gasteiger partial charge in [0.05, 0.1) is 24.6 Å². The highest BCUT2D eigenvalue weighted by Crippen LogP contribution is 2.31. The monoisotopic (exact) mass is 450 g/mol. The Morgan fingerprint density at radius 2 is 1.94 bits per heavy atom. The zero-order valence-corrected chi connectivity index (χ0v) is 18.6. The van der Waals surface area contributed by atoms with Crippen LogP contribution in [0.3, 0.4) is 0 Å². The molecule has 2 aromatic carbocycles. The highest BCUT2D eigenvalue weighted by atomic mass is 35.5. The summed E-state index contributed by atoms with van der Waals surface area (Å²) < 4.78 is 9.62. The van der Waals surface area contributed by atoms with E-state index >= 15 is 0 Å². The summed E-state index contributed by atoms with van der Waals surface area (Å²) in [5.74, 6) is 0.753. The lowest BCUT2D eigenvalue weighted by molar-refractivity contribution is 0.414. The third-order valence-electron chi connectivity index (χ3n) is 5.30. The minimum absolute atomic E-state index is 0.132. The first-order chi connectivity index (χ1) is 15.0. The van der Waals surface area contributed by atoms with Crippen LogP contribution in [0.4, 0.5) is 0 Å². The van der Waals surface area contributed by atoms with Gasteiger partial charge < -0.3 is 9.30 Å². The van der Waals surface area contributed by atoms with Crippen LogP contribution in [0.2, 0.25) is 5.02 Å². The Bertz CT molecular complexity index is 1470. The molecular formula is C23H19ClN4O2S. The van der Waals surface area contributed by atoms with Gasteiger partial charge in [-0.1, -0.05) is 35.9 Å². The fourth-order valence-corrected chi connectivity index (χ4v) is 5.01. The predicted octanol–water partition coefficient (Wildman–Crippen LogP) is 4.65. The van der Waals surface area contributed by atoms with E-state index in [0.717, 1.165) is 49.1 Å². The molecule has 5 rings (SSSR count). The van der Waals surface area contributed by atoms with Crippen molar-refractivity contribution in [3.8, 4) is 5.75 Å². The summed E-state index contributed by atoms with van der Waals surface area (Å²) >= 11 is 7.58. The van der Waals surface area contributed by atoms with Crippen LogP contribution in [-0.4, -0.2) is 26.4 Å². The minimum atomic E-state index is -0.132. The SMILES string of the molecule is COc1cccc(Cn2ncc3c4sc(Cc5ccc(Cl)cc5)nc4n(C)c3c2=O)c1. The van der Waals surface area contributed by atoms with Crippen molar-refractivity contribution in [2.45, 2.75) is 13.0 Å². The molecule has 0 saturated heterocycles. The predicted molar refractivity (Wildman–Crippen MR) is 125 cm³/mol. The summed E-state index contributed by atoms with van der Waals surface area (Å²) in [4.78, 5) is 18.0. The van der Waals surface area contributed by atoms with Crippen molar-refractivity contribution in [2.75, 3.05) is 7.11 Å². The van der Waals surface area contributed by atoms with Crippen LogP contribution in [0.1, 0.15) is 16.1 Å². The molecule has 3 aromatic heterocycles. The molecule has 0 spiro atoms. The Kier molecular flexibility index (Phi) is 5.00. The summed E-state index contributed by atoms with van der Waals surface area (Å²) in [7, 11) is 3.51. The molecule has 0 aliphatic carbocycles. The number of hydrogen-bond donors (Lipinski definition) is 0. The maximum Gasteiger partial charge on any atom is 0.291 e. The highest BCUT2D eigenvalue weighted by Gasteiger charge is 2.18. The lowest BCUT2D eigenvalue weighted by Crippen LogP contribution is -2.24. The number of aryl methyl sites for hydroxylation is 1. The zero-order valence-electron chi connectivity index (χ0n) is 17.0. The third kappa shape index (κ3) is 3.60. The van der Waals surface area contributed by atoms with Crippen molar-refractivity contribution in [1.29, 1.82) is 0 Å². The quantitative estimate of drug-likeness (QED) is 0.391. The number of fused-ring (bicyclic) bond motifs is 3. The number of halogens is 1. The molecule has 0 atom stereocenters. The highest BCUT2D eigenvalue weighted by molar-refractivity contribution is 7.19. The van der Waals surface area contributed by atoms with E-state index in [9.17, 15) is 4.79 Å². The number of benzene rings is 2. The molecule has 156 valence electrons. The standard InChI is InChI=1S/C23H19ClN4O2S/c1-27-20-18(12-25-28(23(20)29)13-15-4-3-5-17(10-15)30-2)21-22(27)26-19(31-21)11-14-6-8-16(24)9-7-14/h3-10,12H,11,13H2,1-2H3. The van der Waals surface area contributed by atoms with Gasteiger partial charge in [-0.05, 0) is 35.4 Å². The topological polar surface area (TPSA) is 61.9 Å². The van der Waals surface area contributed by atoms with Crippen molar-refractivity contribution in [1.82, 2.24) is 19.3 Å². The van der Waals surface area contributed by atoms with Gasteiger partial charge in [0.15, 0.2) is 5.65 Å². The molecule has 0 amide bonds. The van der Waals surface area contributed by atoms with Crippen LogP contribution in [0, 0.1) is 0 Å². The van der Waals surface area contributed by atoms with Crippen molar-refractivity contribution < 1.29 is 4.74 Å². The Morgan fingerprint density at radius 3 is 2.71 bits per heavy atom. The second-order valence-corrected chi connectivity index (χ2v) is 8.86. The molecule has 6 nitrogen and oxygen atoms in total. The number of hydrogen-bond acceptors (Lipinski definition) is 5. The number of methoxy groups -OCH3 is 1. The second kappa shape index (κ2) is 7.83. The molecule has 0 N–H and O–H groups in total. The summed E-state index contributed by atoms with van der Waals surface area (Å²) in [5, 5.41) is 6.98. The summed E-state index contributed by atoms with van der Waals surface area (Å²) in [6.07, 6.45) is 2.49. The van der Waals surface area contributed by atoms with E-state index in [1.807, 2.05) is 60.1 Å². The van der Waals surface area contributed by atoms with Crippen molar-refractivity contribution in [3.05, 3.63) is 86.2 Å². The van der Waals surface area contributed by atoms with Gasteiger partial charge in [0.25, 0.3) is 5.56 Å². The molecule has 8 heteroatoms. The zero-order chi connectivity index (χ0) is 21.5. The molecule has 0 unspecified atom stereocenters. The van der Waals surface area contributed by atoms with Crippen LogP contribution >= 0.6 is 22.9 Å². The van der Waals surface area contributed by atoms with Gasteiger partial charge in [-0.2, -0.15) is 5.10 Å². The number of ether oxygens (including phenoxy) is 1. The number of thiazole rings is 1. The maximum absolute atomic E-state index is 13.2. The van der Waals surface area contributed by atoms with E-state index in [1.54, 1.807) is 24.6 Å². The smallest absolute Gasteiger partial charge is 0.291 e. The minimum Gasteiger partial charge on any atom is -0.497 e. The summed E-state index contributed by atoms with van der Waals surface area (Å²) in [6.45, 7) is 0.375. The van der Waals surface area contributed by atoms with Crippen LogP contribution in [0.25, 0.3) is 21.3 Å². The van der Waals surface area contributed by atoms with Gasteiger partial charge in [0, 0.05) is 23.9 Å². The van der Waals surface area contributed by atoms with Gasteiger partial charge in [0.1, 0.15) is 16.3 Å². The Balaban J connectivity index is 1.53. The van der Waals surface area contributed by atoms with E-state index in [1.165, 1.54) is 4.68 Å². The molecule has 0 fully saturated rings. The van der Waals surface area contributed by atoms with E-state index in [2.05, 4.69) is 5.10 Å². The van der Waals surface area contributed by atoms with Crippen LogP contribution in [0.15, 0.2) is 59.5 Å². The largest absolute Gasteiger partial charge is 0.497 e. The lowest BCUT2D eigenvalue weighted by Gasteiger charge is -2.07. The van der Waals surface area contributed by atoms with Gasteiger partial charge in [0.2, 0.25) is 0 Å². The first-order valence-electron chi connectivity index (χ1n) is 9.75. The molecule has 0 radical (unpaired) electrons. The average molecular weight is 451 g/mol. The van der Waals surface area contributed by atoms with E-state index in [0.29, 0.717) is 12.1 Å². The normalized spacial score (nSPS) is 11.5. The number of aromatic nitrogens is 4. The van der Waals surface area contributed by atoms with Gasteiger partial charge >= 0.3 is 0 Å². The Morgan fingerprint density at radius 1 is 1.13 bits per heavy atom. The fraction of sp³-hybridized carbons (Fsp3) is 0.174.